The van der Waals surface area contributed by atoms with Crippen molar-refractivity contribution >= 4 is 17.7 Å². The number of methoxy groups -OCH3 is 2. The number of ether oxygens (including phenoxy) is 2. The van der Waals surface area contributed by atoms with E-state index in [-0.39, 0.29) is 5.91 Å². The van der Waals surface area contributed by atoms with Gasteiger partial charge in [-0.3, -0.25) is 4.79 Å². The fourth-order valence-corrected chi connectivity index (χ4v) is 3.72. The maximum atomic E-state index is 12.2. The maximum absolute atomic E-state index is 12.2. The van der Waals surface area contributed by atoms with E-state index in [0.29, 0.717) is 36.0 Å². The van der Waals surface area contributed by atoms with Crippen molar-refractivity contribution in [2.24, 2.45) is 0 Å². The van der Waals surface area contributed by atoms with Crippen LogP contribution in [0.25, 0.3) is 11.3 Å². The lowest BCUT2D eigenvalue weighted by atomic mass is 10.1. The van der Waals surface area contributed by atoms with Gasteiger partial charge in [0, 0.05) is 12.1 Å². The molecule has 2 aromatic carbocycles. The van der Waals surface area contributed by atoms with Gasteiger partial charge in [0.1, 0.15) is 10.9 Å². The summed E-state index contributed by atoms with van der Waals surface area (Å²) in [4.78, 5) is 21.2. The summed E-state index contributed by atoms with van der Waals surface area (Å²) in [6, 6.07) is 17.6. The van der Waals surface area contributed by atoms with Gasteiger partial charge in [-0.2, -0.15) is 0 Å². The van der Waals surface area contributed by atoms with Crippen LogP contribution in [0.4, 0.5) is 0 Å². The number of carbonyl (C=O) groups excluding carboxylic acids is 1. The molecule has 6 nitrogen and oxygen atoms in total. The van der Waals surface area contributed by atoms with E-state index in [1.165, 1.54) is 11.8 Å². The van der Waals surface area contributed by atoms with Gasteiger partial charge < -0.3 is 14.8 Å². The highest BCUT2D eigenvalue weighted by molar-refractivity contribution is 7.99. The molecule has 0 fully saturated rings. The number of carbonyl (C=O) groups is 1. The summed E-state index contributed by atoms with van der Waals surface area (Å²) < 4.78 is 10.6. The highest BCUT2D eigenvalue weighted by Crippen LogP contribution is 2.27. The molecule has 0 radical (unpaired) electrons. The monoisotopic (exact) mass is 423 g/mol. The number of nitrogens with one attached hydrogen (secondary N) is 1. The van der Waals surface area contributed by atoms with Crippen molar-refractivity contribution in [2.75, 3.05) is 26.5 Å². The Morgan fingerprint density at radius 2 is 1.77 bits per heavy atom. The van der Waals surface area contributed by atoms with Crippen LogP contribution in [-0.2, 0) is 11.2 Å². The highest BCUT2D eigenvalue weighted by Gasteiger charge is 2.09. The first kappa shape index (κ1) is 21.6. The number of hydrogen-bond acceptors (Lipinski definition) is 6. The van der Waals surface area contributed by atoms with Crippen LogP contribution in [-0.4, -0.2) is 42.4 Å². The van der Waals surface area contributed by atoms with Gasteiger partial charge in [0.2, 0.25) is 5.91 Å². The minimum atomic E-state index is -0.0296. The Labute approximate surface area is 181 Å². The van der Waals surface area contributed by atoms with Crippen molar-refractivity contribution in [3.8, 4) is 22.8 Å². The number of nitrogens with zero attached hydrogens (tertiary/aromatic N) is 2. The van der Waals surface area contributed by atoms with Crippen LogP contribution in [0.1, 0.15) is 11.4 Å². The summed E-state index contributed by atoms with van der Waals surface area (Å²) in [5, 5.41) is 3.74. The molecule has 1 N–H and O–H groups in total. The van der Waals surface area contributed by atoms with E-state index in [1.54, 1.807) is 14.2 Å². The summed E-state index contributed by atoms with van der Waals surface area (Å²) in [7, 11) is 3.22. The predicted molar refractivity (Wildman–Crippen MR) is 119 cm³/mol. The van der Waals surface area contributed by atoms with E-state index >= 15 is 0 Å². The van der Waals surface area contributed by atoms with Gasteiger partial charge in [0.05, 0.1) is 25.7 Å². The molecule has 7 heteroatoms. The summed E-state index contributed by atoms with van der Waals surface area (Å²) in [6.45, 7) is 2.41. The van der Waals surface area contributed by atoms with Crippen molar-refractivity contribution in [3.63, 3.8) is 0 Å². The molecule has 0 bridgehead atoms. The Hall–Kier alpha value is -3.06. The van der Waals surface area contributed by atoms with Crippen LogP contribution < -0.4 is 14.8 Å². The minimum absolute atomic E-state index is 0.0296. The van der Waals surface area contributed by atoms with E-state index in [9.17, 15) is 4.79 Å². The largest absolute Gasteiger partial charge is 0.493 e. The normalized spacial score (nSPS) is 10.5. The smallest absolute Gasteiger partial charge is 0.230 e. The molecule has 1 heterocycles. The number of rotatable bonds is 9. The second-order valence-corrected chi connectivity index (χ2v) is 7.58. The number of hydrogen-bond donors (Lipinski definition) is 1. The lowest BCUT2D eigenvalue weighted by Gasteiger charge is -2.10. The van der Waals surface area contributed by atoms with Gasteiger partial charge in [-0.15, -0.1) is 0 Å². The zero-order valence-corrected chi connectivity index (χ0v) is 18.2. The van der Waals surface area contributed by atoms with Gasteiger partial charge in [-0.05, 0) is 37.1 Å². The van der Waals surface area contributed by atoms with Crippen molar-refractivity contribution in [1.29, 1.82) is 0 Å². The average Bonchev–Trinajstić information content (AvgIpc) is 2.77. The molecule has 0 aliphatic carbocycles. The quantitative estimate of drug-likeness (QED) is 0.415. The molecule has 3 rings (SSSR count). The summed E-state index contributed by atoms with van der Waals surface area (Å²) in [6.07, 6.45) is 0.710. The number of amides is 1. The minimum Gasteiger partial charge on any atom is -0.493 e. The van der Waals surface area contributed by atoms with Gasteiger partial charge >= 0.3 is 0 Å². The number of thioether (sulfide) groups is 1. The molecule has 0 aliphatic rings. The molecule has 0 aliphatic heterocycles. The standard InChI is InChI=1S/C23H25N3O3S/c1-16-25-19(18-7-5-4-6-8-18)14-23(26-16)30-15-22(27)24-12-11-17-9-10-20(28-2)21(13-17)29-3/h4-10,13-14H,11-12,15H2,1-3H3,(H,24,27). The molecule has 0 unspecified atom stereocenters. The lowest BCUT2D eigenvalue weighted by molar-refractivity contribution is -0.118. The second kappa shape index (κ2) is 10.6. The Bertz CT molecular complexity index is 996. The van der Waals surface area contributed by atoms with Crippen molar-refractivity contribution < 1.29 is 14.3 Å². The van der Waals surface area contributed by atoms with Crippen LogP contribution in [0.2, 0.25) is 0 Å². The molecule has 30 heavy (non-hydrogen) atoms. The predicted octanol–water partition coefficient (Wildman–Crippen LogP) is 3.92. The Morgan fingerprint density at radius 3 is 2.50 bits per heavy atom. The van der Waals surface area contributed by atoms with Gasteiger partial charge in [0.15, 0.2) is 11.5 Å². The third-order valence-corrected chi connectivity index (χ3v) is 5.33. The molecule has 0 atom stereocenters. The zero-order chi connectivity index (χ0) is 21.3. The molecule has 0 saturated heterocycles. The topological polar surface area (TPSA) is 73.3 Å². The average molecular weight is 424 g/mol. The first-order chi connectivity index (χ1) is 14.6. The van der Waals surface area contributed by atoms with E-state index in [1.807, 2.05) is 61.5 Å². The fraction of sp³-hybridized carbons (Fsp3) is 0.261. The number of aromatic nitrogens is 2. The van der Waals surface area contributed by atoms with Crippen LogP contribution in [0.15, 0.2) is 59.6 Å². The maximum Gasteiger partial charge on any atom is 0.230 e. The Morgan fingerprint density at radius 1 is 1.00 bits per heavy atom. The molecule has 0 spiro atoms. The SMILES string of the molecule is COc1ccc(CCNC(=O)CSc2cc(-c3ccccc3)nc(C)n2)cc1OC. The number of aryl methyl sites for hydroxylation is 1. The second-order valence-electron chi connectivity index (χ2n) is 6.58. The molecular weight excluding hydrogens is 398 g/mol. The molecule has 0 saturated carbocycles. The Kier molecular flexibility index (Phi) is 7.68. The van der Waals surface area contributed by atoms with Crippen molar-refractivity contribution in [2.45, 2.75) is 18.4 Å². The number of benzene rings is 2. The van der Waals surface area contributed by atoms with Crippen LogP contribution >= 0.6 is 11.8 Å². The molecule has 1 aromatic heterocycles. The van der Waals surface area contributed by atoms with Gasteiger partial charge in [-0.25, -0.2) is 9.97 Å². The van der Waals surface area contributed by atoms with E-state index in [4.69, 9.17) is 9.47 Å². The summed E-state index contributed by atoms with van der Waals surface area (Å²) in [5.74, 6) is 2.34. The Balaban J connectivity index is 1.51. The van der Waals surface area contributed by atoms with Crippen LogP contribution in [0.3, 0.4) is 0 Å². The first-order valence-electron chi connectivity index (χ1n) is 9.60. The highest BCUT2D eigenvalue weighted by atomic mass is 32.2. The molecule has 156 valence electrons. The molecular formula is C23H25N3O3S. The molecule has 3 aromatic rings. The summed E-state index contributed by atoms with van der Waals surface area (Å²) >= 11 is 1.41. The van der Waals surface area contributed by atoms with Crippen molar-refractivity contribution in [1.82, 2.24) is 15.3 Å². The fourth-order valence-electron chi connectivity index (χ4n) is 2.94. The van der Waals surface area contributed by atoms with E-state index in [2.05, 4.69) is 15.3 Å². The zero-order valence-electron chi connectivity index (χ0n) is 17.3. The van der Waals surface area contributed by atoms with Crippen LogP contribution in [0.5, 0.6) is 11.5 Å². The lowest BCUT2D eigenvalue weighted by Crippen LogP contribution is -2.27. The summed E-state index contributed by atoms with van der Waals surface area (Å²) in [5.41, 5.74) is 2.96. The van der Waals surface area contributed by atoms with Gasteiger partial charge in [-0.1, -0.05) is 48.2 Å². The van der Waals surface area contributed by atoms with Gasteiger partial charge in [0.25, 0.3) is 0 Å². The van der Waals surface area contributed by atoms with Crippen molar-refractivity contribution in [3.05, 3.63) is 66.0 Å². The first-order valence-corrected chi connectivity index (χ1v) is 10.6. The molecule has 1 amide bonds. The third kappa shape index (κ3) is 5.97. The van der Waals surface area contributed by atoms with E-state index in [0.717, 1.165) is 21.8 Å². The van der Waals surface area contributed by atoms with Crippen LogP contribution in [0, 0.1) is 6.92 Å². The van der Waals surface area contributed by atoms with E-state index < -0.39 is 0 Å². The third-order valence-electron chi connectivity index (χ3n) is 4.42.